The van der Waals surface area contributed by atoms with Crippen LogP contribution in [-0.4, -0.2) is 5.78 Å². The molecule has 0 saturated carbocycles. The zero-order valence-corrected chi connectivity index (χ0v) is 6.79. The summed E-state index contributed by atoms with van der Waals surface area (Å²) in [6, 6.07) is 9.20. The van der Waals surface area contributed by atoms with Gasteiger partial charge >= 0.3 is 0 Å². The first-order valence-corrected chi connectivity index (χ1v) is 3.86. The molecule has 1 nitrogen and oxygen atoms in total. The van der Waals surface area contributed by atoms with Crippen LogP contribution in [0.1, 0.15) is 23.2 Å². The minimum Gasteiger partial charge on any atom is -0.294 e. The summed E-state index contributed by atoms with van der Waals surface area (Å²) in [6.07, 6.45) is 6.02. The van der Waals surface area contributed by atoms with E-state index in [1.54, 1.807) is 12.1 Å². The second-order valence-corrected chi connectivity index (χ2v) is 2.49. The fourth-order valence-electron chi connectivity index (χ4n) is 0.954. The molecule has 0 spiro atoms. The van der Waals surface area contributed by atoms with Crippen molar-refractivity contribution in [2.45, 2.75) is 12.8 Å². The molecule has 1 rings (SSSR count). The van der Waals surface area contributed by atoms with E-state index >= 15 is 0 Å². The highest BCUT2D eigenvalue weighted by molar-refractivity contribution is 5.96. The van der Waals surface area contributed by atoms with Crippen molar-refractivity contribution < 1.29 is 4.79 Å². The van der Waals surface area contributed by atoms with Gasteiger partial charge < -0.3 is 0 Å². The van der Waals surface area contributed by atoms with Crippen molar-refractivity contribution in [2.24, 2.45) is 0 Å². The minimum absolute atomic E-state index is 0.119. The van der Waals surface area contributed by atoms with Crippen molar-refractivity contribution in [2.75, 3.05) is 0 Å². The first kappa shape index (κ1) is 8.55. The molecule has 0 bridgehead atoms. The van der Waals surface area contributed by atoms with Gasteiger partial charge in [-0.25, -0.2) is 0 Å². The highest BCUT2D eigenvalue weighted by Crippen LogP contribution is 2.03. The lowest BCUT2D eigenvalue weighted by molar-refractivity contribution is 0.0984. The van der Waals surface area contributed by atoms with Crippen molar-refractivity contribution in [3.05, 3.63) is 35.9 Å². The lowest BCUT2D eigenvalue weighted by atomic mass is 10.1. The number of hydrogen-bond donors (Lipinski definition) is 0. The second kappa shape index (κ2) is 4.35. The summed E-state index contributed by atoms with van der Waals surface area (Å²) in [5.74, 6) is 2.57. The Balaban J connectivity index is 2.61. The molecule has 0 heterocycles. The van der Waals surface area contributed by atoms with E-state index in [0.29, 0.717) is 12.8 Å². The monoisotopic (exact) mass is 158 g/mol. The van der Waals surface area contributed by atoms with Crippen LogP contribution < -0.4 is 0 Å². The average Bonchev–Trinajstić information content (AvgIpc) is 2.15. The number of carbonyl (C=O) groups excluding carboxylic acids is 1. The smallest absolute Gasteiger partial charge is 0.163 e. The van der Waals surface area contributed by atoms with Crippen LogP contribution in [0.5, 0.6) is 0 Å². The number of terminal acetylenes is 1. The molecule has 0 aromatic heterocycles. The Kier molecular flexibility index (Phi) is 3.10. The summed E-state index contributed by atoms with van der Waals surface area (Å²) >= 11 is 0. The van der Waals surface area contributed by atoms with E-state index in [1.165, 1.54) is 0 Å². The molecule has 0 atom stereocenters. The molecule has 1 heteroatoms. The molecule has 60 valence electrons. The molecule has 0 unspecified atom stereocenters. The fraction of sp³-hybridized carbons (Fsp3) is 0.182. The Morgan fingerprint density at radius 1 is 1.33 bits per heavy atom. The molecule has 0 N–H and O–H groups in total. The summed E-state index contributed by atoms with van der Waals surface area (Å²) in [4.78, 5) is 11.3. The van der Waals surface area contributed by atoms with Gasteiger partial charge in [-0.05, 0) is 0 Å². The van der Waals surface area contributed by atoms with Gasteiger partial charge in [-0.2, -0.15) is 0 Å². The third-order valence-electron chi connectivity index (χ3n) is 1.59. The lowest BCUT2D eigenvalue weighted by Gasteiger charge is -1.95. The van der Waals surface area contributed by atoms with E-state index in [2.05, 4.69) is 5.92 Å². The molecule has 1 aromatic carbocycles. The van der Waals surface area contributed by atoms with Gasteiger partial charge in [0.05, 0.1) is 0 Å². The number of carbonyl (C=O) groups is 1. The number of Topliss-reactive ketones (excluding diaryl/α,β-unsaturated/α-hetero) is 1. The quantitative estimate of drug-likeness (QED) is 0.487. The Hall–Kier alpha value is -1.55. The first-order chi connectivity index (χ1) is 5.84. The Labute approximate surface area is 72.4 Å². The van der Waals surface area contributed by atoms with E-state index in [0.717, 1.165) is 5.56 Å². The topological polar surface area (TPSA) is 17.1 Å². The summed E-state index contributed by atoms with van der Waals surface area (Å²) in [7, 11) is 0. The van der Waals surface area contributed by atoms with Crippen LogP contribution in [0.2, 0.25) is 0 Å². The SMILES string of the molecule is C#CCCC(=O)c1ccccc1. The van der Waals surface area contributed by atoms with Gasteiger partial charge in [0.15, 0.2) is 5.78 Å². The first-order valence-electron chi connectivity index (χ1n) is 3.86. The highest BCUT2D eigenvalue weighted by Gasteiger charge is 2.01. The van der Waals surface area contributed by atoms with Crippen molar-refractivity contribution in [3.63, 3.8) is 0 Å². The number of rotatable bonds is 3. The second-order valence-electron chi connectivity index (χ2n) is 2.49. The molecule has 12 heavy (non-hydrogen) atoms. The van der Waals surface area contributed by atoms with Gasteiger partial charge in [0.1, 0.15) is 0 Å². The average molecular weight is 158 g/mol. The van der Waals surface area contributed by atoms with Crippen LogP contribution in [0.25, 0.3) is 0 Å². The predicted molar refractivity (Wildman–Crippen MR) is 48.8 cm³/mol. The normalized spacial score (nSPS) is 8.92. The summed E-state index contributed by atoms with van der Waals surface area (Å²) < 4.78 is 0. The zero-order chi connectivity index (χ0) is 8.81. The Morgan fingerprint density at radius 2 is 2.00 bits per heavy atom. The fourth-order valence-corrected chi connectivity index (χ4v) is 0.954. The van der Waals surface area contributed by atoms with Gasteiger partial charge in [0.2, 0.25) is 0 Å². The van der Waals surface area contributed by atoms with Crippen molar-refractivity contribution in [1.82, 2.24) is 0 Å². The molecule has 0 aliphatic rings. The molecule has 0 aliphatic heterocycles. The van der Waals surface area contributed by atoms with Crippen LogP contribution in [0.4, 0.5) is 0 Å². The van der Waals surface area contributed by atoms with E-state index in [9.17, 15) is 4.79 Å². The third-order valence-corrected chi connectivity index (χ3v) is 1.59. The van der Waals surface area contributed by atoms with E-state index < -0.39 is 0 Å². The molecule has 1 aromatic rings. The van der Waals surface area contributed by atoms with Crippen LogP contribution in [-0.2, 0) is 0 Å². The molecule has 0 fully saturated rings. The van der Waals surface area contributed by atoms with Gasteiger partial charge in [0, 0.05) is 18.4 Å². The minimum atomic E-state index is 0.119. The van der Waals surface area contributed by atoms with Gasteiger partial charge in [-0.15, -0.1) is 12.3 Å². The lowest BCUT2D eigenvalue weighted by Crippen LogP contribution is -1.96. The Morgan fingerprint density at radius 3 is 2.58 bits per heavy atom. The maximum Gasteiger partial charge on any atom is 0.163 e. The molecular weight excluding hydrogens is 148 g/mol. The molecule has 0 amide bonds. The van der Waals surface area contributed by atoms with Gasteiger partial charge in [0.25, 0.3) is 0 Å². The molecule has 0 saturated heterocycles. The van der Waals surface area contributed by atoms with Crippen LogP contribution >= 0.6 is 0 Å². The van der Waals surface area contributed by atoms with E-state index in [4.69, 9.17) is 6.42 Å². The van der Waals surface area contributed by atoms with Gasteiger partial charge in [-0.3, -0.25) is 4.79 Å². The van der Waals surface area contributed by atoms with Crippen molar-refractivity contribution in [1.29, 1.82) is 0 Å². The number of benzene rings is 1. The highest BCUT2D eigenvalue weighted by atomic mass is 16.1. The van der Waals surface area contributed by atoms with Crippen LogP contribution in [0, 0.1) is 12.3 Å². The Bertz CT molecular complexity index is 293. The standard InChI is InChI=1S/C11H10O/c1-2-3-9-11(12)10-7-5-4-6-8-10/h1,4-8H,3,9H2. The predicted octanol–water partition coefficient (Wildman–Crippen LogP) is 2.28. The summed E-state index contributed by atoms with van der Waals surface area (Å²) in [5, 5.41) is 0. The summed E-state index contributed by atoms with van der Waals surface area (Å²) in [6.45, 7) is 0. The summed E-state index contributed by atoms with van der Waals surface area (Å²) in [5.41, 5.74) is 0.743. The largest absolute Gasteiger partial charge is 0.294 e. The van der Waals surface area contributed by atoms with Gasteiger partial charge in [-0.1, -0.05) is 30.3 Å². The van der Waals surface area contributed by atoms with Crippen molar-refractivity contribution >= 4 is 5.78 Å². The molecular formula is C11H10O. The molecule has 0 aliphatic carbocycles. The maximum atomic E-state index is 11.3. The van der Waals surface area contributed by atoms with Crippen molar-refractivity contribution in [3.8, 4) is 12.3 Å². The van der Waals surface area contributed by atoms with E-state index in [-0.39, 0.29) is 5.78 Å². The molecule has 0 radical (unpaired) electrons. The van der Waals surface area contributed by atoms with Crippen LogP contribution in [0.15, 0.2) is 30.3 Å². The van der Waals surface area contributed by atoms with Crippen LogP contribution in [0.3, 0.4) is 0 Å². The maximum absolute atomic E-state index is 11.3. The third kappa shape index (κ3) is 2.25. The number of ketones is 1. The zero-order valence-electron chi connectivity index (χ0n) is 6.79. The number of hydrogen-bond acceptors (Lipinski definition) is 1. The van der Waals surface area contributed by atoms with E-state index in [1.807, 2.05) is 18.2 Å².